The van der Waals surface area contributed by atoms with Crippen molar-refractivity contribution < 1.29 is 34.0 Å². The molecule has 0 aliphatic heterocycles. The first-order valence-corrected chi connectivity index (χ1v) is 7.60. The van der Waals surface area contributed by atoms with Gasteiger partial charge in [0.2, 0.25) is 0 Å². The highest BCUT2D eigenvalue weighted by Crippen LogP contribution is 2.00. The van der Waals surface area contributed by atoms with Crippen molar-refractivity contribution in [1.82, 2.24) is 0 Å². The first-order valence-electron chi connectivity index (χ1n) is 7.60. The highest BCUT2D eigenvalue weighted by molar-refractivity contribution is 5.87. The lowest BCUT2D eigenvalue weighted by molar-refractivity contribution is -0.152. The highest BCUT2D eigenvalue weighted by Gasteiger charge is 2.12. The molecule has 0 bridgehead atoms. The van der Waals surface area contributed by atoms with E-state index in [1.807, 2.05) is 0 Å². The van der Waals surface area contributed by atoms with E-state index in [9.17, 15) is 9.59 Å². The summed E-state index contributed by atoms with van der Waals surface area (Å²) in [4.78, 5) is 22.0. The van der Waals surface area contributed by atoms with E-state index >= 15 is 0 Å². The van der Waals surface area contributed by atoms with Gasteiger partial charge in [0.1, 0.15) is 12.7 Å². The van der Waals surface area contributed by atoms with Gasteiger partial charge in [-0.2, -0.15) is 0 Å². The van der Waals surface area contributed by atoms with E-state index in [0.29, 0.717) is 17.8 Å². The molecule has 0 heterocycles. The van der Waals surface area contributed by atoms with Crippen LogP contribution in [0.1, 0.15) is 34.6 Å². The summed E-state index contributed by atoms with van der Waals surface area (Å²) in [5.41, 5.74) is 0.626. The molecule has 0 aromatic carbocycles. The molecule has 3 unspecified atom stereocenters. The van der Waals surface area contributed by atoms with Crippen molar-refractivity contribution in [3.05, 3.63) is 24.3 Å². The van der Waals surface area contributed by atoms with Gasteiger partial charge in [-0.25, -0.2) is 9.59 Å². The minimum Gasteiger partial charge on any atom is -0.458 e. The third-order valence-electron chi connectivity index (χ3n) is 2.33. The monoisotopic (exact) mass is 346 g/mol. The Morgan fingerprint density at radius 3 is 1.83 bits per heavy atom. The van der Waals surface area contributed by atoms with Gasteiger partial charge in [-0.15, -0.1) is 0 Å². The molecule has 0 spiro atoms. The molecule has 0 aliphatic rings. The normalized spacial score (nSPS) is 13.6. The van der Waals surface area contributed by atoms with Gasteiger partial charge in [-0.3, -0.25) is 0 Å². The van der Waals surface area contributed by atoms with Crippen LogP contribution in [0.15, 0.2) is 24.3 Å². The Morgan fingerprint density at radius 2 is 1.46 bits per heavy atom. The molecule has 0 saturated carbocycles. The van der Waals surface area contributed by atoms with Gasteiger partial charge in [-0.05, 0) is 34.6 Å². The van der Waals surface area contributed by atoms with Crippen LogP contribution in [0.3, 0.4) is 0 Å². The van der Waals surface area contributed by atoms with Crippen molar-refractivity contribution in [3.8, 4) is 0 Å². The standard InChI is InChI=1S/C11H16O4.C6H14O3/c1-7(2)10(12)14-6-9(5)15-11(13)8(3)4;1-5(8)4-9-6(2)3-7/h9H,1,3,6H2,2,4-5H3;5-8H,3-4H2,1-2H3. The summed E-state index contributed by atoms with van der Waals surface area (Å²) in [6.07, 6.45) is -1.10. The Bertz CT molecular complexity index is 415. The topological polar surface area (TPSA) is 102 Å². The maximum absolute atomic E-state index is 11.1. The summed E-state index contributed by atoms with van der Waals surface area (Å²) < 4.78 is 14.6. The zero-order valence-electron chi connectivity index (χ0n) is 15.2. The second kappa shape index (κ2) is 13.7. The number of ether oxygens (including phenoxy) is 3. The molecule has 7 heteroatoms. The number of carbonyl (C=O) groups is 2. The van der Waals surface area contributed by atoms with E-state index < -0.39 is 24.1 Å². The van der Waals surface area contributed by atoms with Gasteiger partial charge < -0.3 is 24.4 Å². The van der Waals surface area contributed by atoms with Crippen LogP contribution in [0.25, 0.3) is 0 Å². The Morgan fingerprint density at radius 1 is 0.958 bits per heavy atom. The minimum absolute atomic E-state index is 0.00667. The number of rotatable bonds is 9. The molecule has 0 rings (SSSR count). The van der Waals surface area contributed by atoms with E-state index in [2.05, 4.69) is 13.2 Å². The van der Waals surface area contributed by atoms with Crippen LogP contribution < -0.4 is 0 Å². The molecule has 7 nitrogen and oxygen atoms in total. The van der Waals surface area contributed by atoms with E-state index in [0.717, 1.165) is 0 Å². The maximum atomic E-state index is 11.1. The molecular weight excluding hydrogens is 316 g/mol. The van der Waals surface area contributed by atoms with E-state index in [-0.39, 0.29) is 19.3 Å². The van der Waals surface area contributed by atoms with Crippen molar-refractivity contribution in [2.45, 2.75) is 52.9 Å². The number of esters is 2. The fourth-order valence-corrected chi connectivity index (χ4v) is 0.990. The van der Waals surface area contributed by atoms with Gasteiger partial charge in [0.05, 0.1) is 25.4 Å². The van der Waals surface area contributed by atoms with Gasteiger partial charge in [0, 0.05) is 11.1 Å². The van der Waals surface area contributed by atoms with Crippen LogP contribution in [0, 0.1) is 0 Å². The predicted octanol–water partition coefficient (Wildman–Crippen LogP) is 1.38. The molecule has 140 valence electrons. The highest BCUT2D eigenvalue weighted by atomic mass is 16.6. The van der Waals surface area contributed by atoms with Gasteiger partial charge in [0.15, 0.2) is 0 Å². The van der Waals surface area contributed by atoms with Crippen LogP contribution in [-0.2, 0) is 23.8 Å². The summed E-state index contributed by atoms with van der Waals surface area (Å²) in [5, 5.41) is 17.1. The van der Waals surface area contributed by atoms with Gasteiger partial charge in [-0.1, -0.05) is 13.2 Å². The summed E-state index contributed by atoms with van der Waals surface area (Å²) in [5.74, 6) is -0.984. The molecule has 3 atom stereocenters. The maximum Gasteiger partial charge on any atom is 0.333 e. The van der Waals surface area contributed by atoms with Crippen molar-refractivity contribution in [2.24, 2.45) is 0 Å². The third kappa shape index (κ3) is 15.2. The fourth-order valence-electron chi connectivity index (χ4n) is 0.990. The number of aliphatic hydroxyl groups is 2. The molecule has 0 fully saturated rings. The lowest BCUT2D eigenvalue weighted by Crippen LogP contribution is -2.22. The van der Waals surface area contributed by atoms with Crippen molar-refractivity contribution in [2.75, 3.05) is 19.8 Å². The molecule has 2 N–H and O–H groups in total. The third-order valence-corrected chi connectivity index (χ3v) is 2.33. The molecule has 0 aromatic heterocycles. The van der Waals surface area contributed by atoms with E-state index in [1.54, 1.807) is 34.6 Å². The quantitative estimate of drug-likeness (QED) is 0.480. The molecular formula is C17H30O7. The first-order chi connectivity index (χ1) is 11.0. The number of hydrogen-bond acceptors (Lipinski definition) is 7. The van der Waals surface area contributed by atoms with E-state index in [1.165, 1.54) is 0 Å². The Balaban J connectivity index is 0. The molecule has 0 saturated heterocycles. The summed E-state index contributed by atoms with van der Waals surface area (Å²) >= 11 is 0. The van der Waals surface area contributed by atoms with Crippen LogP contribution >= 0.6 is 0 Å². The fraction of sp³-hybridized carbons (Fsp3) is 0.647. The first kappa shape index (κ1) is 24.6. The smallest absolute Gasteiger partial charge is 0.333 e. The number of hydrogen-bond donors (Lipinski definition) is 2. The lowest BCUT2D eigenvalue weighted by Gasteiger charge is -2.13. The molecule has 24 heavy (non-hydrogen) atoms. The number of carbonyl (C=O) groups excluding carboxylic acids is 2. The largest absolute Gasteiger partial charge is 0.458 e. The zero-order chi connectivity index (χ0) is 19.3. The second-order valence-electron chi connectivity index (χ2n) is 5.55. The van der Waals surface area contributed by atoms with Crippen LogP contribution in [0.2, 0.25) is 0 Å². The van der Waals surface area contributed by atoms with Gasteiger partial charge >= 0.3 is 11.9 Å². The van der Waals surface area contributed by atoms with Crippen molar-refractivity contribution in [3.63, 3.8) is 0 Å². The average Bonchev–Trinajstić information content (AvgIpc) is 2.50. The van der Waals surface area contributed by atoms with Crippen LogP contribution in [0.4, 0.5) is 0 Å². The Kier molecular flexibility index (Phi) is 14.0. The lowest BCUT2D eigenvalue weighted by atomic mass is 10.3. The van der Waals surface area contributed by atoms with E-state index in [4.69, 9.17) is 24.4 Å². The summed E-state index contributed by atoms with van der Waals surface area (Å²) in [6, 6.07) is 0. The van der Waals surface area contributed by atoms with Gasteiger partial charge in [0.25, 0.3) is 0 Å². The molecule has 0 amide bonds. The predicted molar refractivity (Wildman–Crippen MR) is 90.3 cm³/mol. The Hall–Kier alpha value is -1.70. The average molecular weight is 346 g/mol. The molecule has 0 aromatic rings. The molecule has 0 radical (unpaired) electrons. The number of aliphatic hydroxyl groups excluding tert-OH is 2. The van der Waals surface area contributed by atoms with Crippen molar-refractivity contribution in [1.29, 1.82) is 0 Å². The Labute approximate surface area is 143 Å². The van der Waals surface area contributed by atoms with Crippen molar-refractivity contribution >= 4 is 11.9 Å². The minimum atomic E-state index is -0.492. The zero-order valence-corrected chi connectivity index (χ0v) is 15.2. The van der Waals surface area contributed by atoms with Crippen LogP contribution in [0.5, 0.6) is 0 Å². The second-order valence-corrected chi connectivity index (χ2v) is 5.55. The SMILES string of the molecule is C=C(C)C(=O)OCC(C)OC(=O)C(=C)C.CC(O)COC(C)CO. The summed E-state index contributed by atoms with van der Waals surface area (Å²) in [7, 11) is 0. The summed E-state index contributed by atoms with van der Waals surface area (Å²) in [6.45, 7) is 15.3. The van der Waals surface area contributed by atoms with Crippen LogP contribution in [-0.4, -0.2) is 60.3 Å². The molecule has 0 aliphatic carbocycles.